The van der Waals surface area contributed by atoms with E-state index in [0.29, 0.717) is 22.3 Å². The van der Waals surface area contributed by atoms with Crippen molar-refractivity contribution in [1.29, 1.82) is 0 Å². The average Bonchev–Trinajstić information content (AvgIpc) is 4.11. The normalized spacial score (nSPS) is 14.1. The van der Waals surface area contributed by atoms with Gasteiger partial charge in [0.05, 0.1) is 33.8 Å². The fourth-order valence-corrected chi connectivity index (χ4v) is 10.3. The van der Waals surface area contributed by atoms with Crippen LogP contribution < -0.4 is 0 Å². The van der Waals surface area contributed by atoms with E-state index in [1.807, 2.05) is 60.7 Å². The number of hydrogen-bond acceptors (Lipinski definition) is 4. The van der Waals surface area contributed by atoms with E-state index in [-0.39, 0.29) is 33.2 Å². The van der Waals surface area contributed by atoms with Gasteiger partial charge < -0.3 is 9.97 Å². The Balaban J connectivity index is 1.37. The molecule has 0 spiro atoms. The highest BCUT2D eigenvalue weighted by molar-refractivity contribution is 6.25. The van der Waals surface area contributed by atoms with Crippen LogP contribution in [0.2, 0.25) is 0 Å². The van der Waals surface area contributed by atoms with Gasteiger partial charge in [0.25, 0.3) is 0 Å². The zero-order valence-corrected chi connectivity index (χ0v) is 41.3. The standard InChI is InChI=1S/C62H58N4O2/c1-59(2,3)35-25-33(26-36(29-35)60(4,5)6)51-45-21-23-47(63-45)53-39-17-13-16-20-42(39)58(68)44-32-50(66-56(44)53)52(34-27-37(61(7,8)9)30-38(28-34)62(10,11)12)46-22-24-48(64-46)54-40-18-14-15-19-41(40)57(67)43-31-49(51)65-55(43)54/h13-32,65-66H,1-12H3. The minimum absolute atomic E-state index is 0.0352. The largest absolute Gasteiger partial charge is 0.354 e. The van der Waals surface area contributed by atoms with E-state index in [9.17, 15) is 9.59 Å². The lowest BCUT2D eigenvalue weighted by molar-refractivity contribution is 0.103. The molecule has 2 aliphatic heterocycles. The molecular formula is C62H58N4O2. The first kappa shape index (κ1) is 43.4. The number of ketones is 2. The molecule has 0 unspecified atom stereocenters. The summed E-state index contributed by atoms with van der Waals surface area (Å²) in [6.07, 6.45) is 8.34. The topological polar surface area (TPSA) is 91.5 Å². The summed E-state index contributed by atoms with van der Waals surface area (Å²) < 4.78 is 0. The van der Waals surface area contributed by atoms with E-state index < -0.39 is 0 Å². The molecule has 0 saturated heterocycles. The Kier molecular flexibility index (Phi) is 9.35. The lowest BCUT2D eigenvalue weighted by Crippen LogP contribution is -2.16. The highest BCUT2D eigenvalue weighted by Crippen LogP contribution is 2.46. The van der Waals surface area contributed by atoms with Crippen molar-refractivity contribution in [3.05, 3.63) is 164 Å². The van der Waals surface area contributed by atoms with E-state index in [2.05, 4.69) is 154 Å². The molecule has 7 aromatic rings. The molecule has 4 aromatic carbocycles. The number of H-pyrrole nitrogens is 2. The molecule has 0 atom stereocenters. The molecule has 2 aliphatic carbocycles. The molecule has 2 N–H and O–H groups in total. The van der Waals surface area contributed by atoms with Gasteiger partial charge in [-0.3, -0.25) is 9.59 Å². The van der Waals surface area contributed by atoms with Crippen molar-refractivity contribution in [2.45, 2.75) is 105 Å². The Labute approximate surface area is 399 Å². The molecule has 0 radical (unpaired) electrons. The Bertz CT molecular complexity index is 3330. The minimum atomic E-state index is -0.150. The Morgan fingerprint density at radius 1 is 0.353 bits per heavy atom. The van der Waals surface area contributed by atoms with E-state index in [1.54, 1.807) is 0 Å². The van der Waals surface area contributed by atoms with Crippen LogP contribution in [0.15, 0.2) is 97.1 Å². The van der Waals surface area contributed by atoms with Crippen LogP contribution in [-0.2, 0) is 21.7 Å². The van der Waals surface area contributed by atoms with Crippen LogP contribution in [-0.4, -0.2) is 31.5 Å². The number of nitrogens with one attached hydrogen (secondary N) is 2. The summed E-state index contributed by atoms with van der Waals surface area (Å²) in [5, 5.41) is 0. The highest BCUT2D eigenvalue weighted by atomic mass is 16.1. The summed E-state index contributed by atoms with van der Waals surface area (Å²) in [6.45, 7) is 27.0. The molecule has 0 saturated carbocycles. The van der Waals surface area contributed by atoms with E-state index in [1.165, 1.54) is 22.3 Å². The summed E-state index contributed by atoms with van der Waals surface area (Å²) in [4.78, 5) is 48.5. The SMILES string of the molecule is CC(C)(C)c1cc(-c2c3nc(c4c5[nH]c(cc5C(=O)c5ccccc5-4)c(-c4cc(C(C)(C)C)cc(C(C)(C)C)c4)c4nc(c5c6[nH]c2cc6C(=O)c2ccccc2-5)C=C4)C=C3)cc(C(C)(C)C)c1. The Morgan fingerprint density at radius 2 is 0.647 bits per heavy atom. The first-order valence-electron chi connectivity index (χ1n) is 23.9. The van der Waals surface area contributed by atoms with Crippen LogP contribution in [0.5, 0.6) is 0 Å². The van der Waals surface area contributed by atoms with Crippen molar-refractivity contribution < 1.29 is 9.59 Å². The molecule has 338 valence electrons. The zero-order chi connectivity index (χ0) is 48.0. The smallest absolute Gasteiger partial charge is 0.195 e. The van der Waals surface area contributed by atoms with E-state index in [0.717, 1.165) is 89.4 Å². The van der Waals surface area contributed by atoms with Gasteiger partial charge in [0.2, 0.25) is 0 Å². The molecule has 6 nitrogen and oxygen atoms in total. The number of nitrogens with zero attached hydrogens (tertiary/aromatic N) is 2. The van der Waals surface area contributed by atoms with Crippen LogP contribution in [0.25, 0.3) is 90.9 Å². The van der Waals surface area contributed by atoms with Gasteiger partial charge >= 0.3 is 0 Å². The van der Waals surface area contributed by atoms with Crippen molar-refractivity contribution in [2.24, 2.45) is 0 Å². The van der Waals surface area contributed by atoms with E-state index in [4.69, 9.17) is 9.97 Å². The molecule has 0 amide bonds. The van der Waals surface area contributed by atoms with Crippen molar-refractivity contribution in [3.8, 4) is 44.5 Å². The van der Waals surface area contributed by atoms with Crippen LogP contribution >= 0.6 is 0 Å². The summed E-state index contributed by atoms with van der Waals surface area (Å²) in [6, 6.07) is 33.6. The predicted molar refractivity (Wildman–Crippen MR) is 282 cm³/mol. The number of fused-ring (bicyclic) bond motifs is 12. The van der Waals surface area contributed by atoms with Gasteiger partial charge in [0.1, 0.15) is 0 Å². The lowest BCUT2D eigenvalue weighted by Gasteiger charge is -2.26. The highest BCUT2D eigenvalue weighted by Gasteiger charge is 2.33. The molecule has 8 bridgehead atoms. The maximum atomic E-state index is 14.8. The zero-order valence-electron chi connectivity index (χ0n) is 41.3. The fourth-order valence-electron chi connectivity index (χ4n) is 10.3. The van der Waals surface area contributed by atoms with Crippen molar-refractivity contribution >= 4 is 57.9 Å². The van der Waals surface area contributed by atoms with Crippen LogP contribution in [0.1, 0.15) is 160 Å². The number of aromatic amines is 2. The van der Waals surface area contributed by atoms with Gasteiger partial charge in [-0.15, -0.1) is 0 Å². The Hall–Kier alpha value is -7.18. The summed E-state index contributed by atoms with van der Waals surface area (Å²) in [5.74, 6) is -0.0704. The number of carbonyl (C=O) groups excluding carboxylic acids is 2. The second kappa shape index (κ2) is 14.7. The molecule has 68 heavy (non-hydrogen) atoms. The number of rotatable bonds is 2. The van der Waals surface area contributed by atoms with Crippen molar-refractivity contribution in [3.63, 3.8) is 0 Å². The van der Waals surface area contributed by atoms with Gasteiger partial charge in [-0.1, -0.05) is 168 Å². The lowest BCUT2D eigenvalue weighted by atomic mass is 9.78. The fraction of sp³-hybridized carbons (Fsp3) is 0.258. The molecule has 3 aromatic heterocycles. The maximum Gasteiger partial charge on any atom is 0.195 e. The Morgan fingerprint density at radius 3 is 0.956 bits per heavy atom. The quantitative estimate of drug-likeness (QED) is 0.181. The van der Waals surface area contributed by atoms with Crippen LogP contribution in [0, 0.1) is 0 Å². The van der Waals surface area contributed by atoms with Gasteiger partial charge in [0, 0.05) is 55.5 Å². The summed E-state index contributed by atoms with van der Waals surface area (Å²) >= 11 is 0. The second-order valence-electron chi connectivity index (χ2n) is 23.2. The molecule has 4 aliphatic rings. The predicted octanol–water partition coefficient (Wildman–Crippen LogP) is 15.6. The molecule has 0 fully saturated rings. The van der Waals surface area contributed by atoms with Gasteiger partial charge in [-0.2, -0.15) is 0 Å². The van der Waals surface area contributed by atoms with Gasteiger partial charge in [-0.25, -0.2) is 9.97 Å². The van der Waals surface area contributed by atoms with Crippen LogP contribution in [0.3, 0.4) is 0 Å². The number of carbonyl (C=O) groups is 2. The van der Waals surface area contributed by atoms with Gasteiger partial charge in [-0.05, 0) is 103 Å². The average molecular weight is 891 g/mol. The molecular weight excluding hydrogens is 833 g/mol. The summed E-state index contributed by atoms with van der Waals surface area (Å²) in [5.41, 5.74) is 19.9. The summed E-state index contributed by atoms with van der Waals surface area (Å²) in [7, 11) is 0. The molecule has 6 heteroatoms. The third kappa shape index (κ3) is 6.90. The third-order valence-electron chi connectivity index (χ3n) is 14.3. The first-order valence-corrected chi connectivity index (χ1v) is 23.9. The molecule has 5 heterocycles. The first-order chi connectivity index (χ1) is 32.0. The van der Waals surface area contributed by atoms with Gasteiger partial charge in [0.15, 0.2) is 11.6 Å². The maximum absolute atomic E-state index is 14.8. The third-order valence-corrected chi connectivity index (χ3v) is 14.3. The minimum Gasteiger partial charge on any atom is -0.354 e. The van der Waals surface area contributed by atoms with Crippen molar-refractivity contribution in [1.82, 2.24) is 19.9 Å². The number of aromatic nitrogens is 4. The molecule has 11 rings (SSSR count). The van der Waals surface area contributed by atoms with E-state index >= 15 is 0 Å². The monoisotopic (exact) mass is 890 g/mol. The van der Waals surface area contributed by atoms with Crippen molar-refractivity contribution in [2.75, 3.05) is 0 Å². The van der Waals surface area contributed by atoms with Crippen LogP contribution in [0.4, 0.5) is 0 Å². The number of benzene rings is 4. The second-order valence-corrected chi connectivity index (χ2v) is 23.2. The number of hydrogen-bond donors (Lipinski definition) is 2.